The lowest BCUT2D eigenvalue weighted by Crippen LogP contribution is -2.08. The Morgan fingerprint density at radius 3 is 2.71 bits per heavy atom. The maximum absolute atomic E-state index is 12.1. The molecule has 0 atom stereocenters. The van der Waals surface area contributed by atoms with Crippen molar-refractivity contribution in [3.8, 4) is 11.8 Å². The molecule has 7 heteroatoms. The number of carbonyl (C=O) groups is 1. The van der Waals surface area contributed by atoms with Crippen molar-refractivity contribution >= 4 is 18.6 Å². The summed E-state index contributed by atoms with van der Waals surface area (Å²) in [6, 6.07) is 4.10. The smallest absolute Gasteiger partial charge is 0.387 e. The van der Waals surface area contributed by atoms with E-state index in [1.54, 1.807) is 6.07 Å². The Balaban J connectivity index is 3.27. The molecule has 1 rings (SSSR count). The highest BCUT2D eigenvalue weighted by molar-refractivity contribution is 7.80. The molecule has 0 aliphatic rings. The quantitative estimate of drug-likeness (QED) is 0.812. The number of thiol groups is 1. The highest BCUT2D eigenvalue weighted by Gasteiger charge is 2.17. The van der Waals surface area contributed by atoms with Crippen molar-refractivity contribution in [2.75, 3.05) is 0 Å². The van der Waals surface area contributed by atoms with Crippen LogP contribution in [0.1, 0.15) is 11.1 Å². The molecule has 0 saturated heterocycles. The van der Waals surface area contributed by atoms with Gasteiger partial charge in [0.2, 0.25) is 0 Å². The molecule has 0 saturated carbocycles. The number of aliphatic carboxylic acids is 1. The number of rotatable bonds is 4. The average molecular weight is 259 g/mol. The van der Waals surface area contributed by atoms with Crippen LogP contribution in [-0.4, -0.2) is 17.7 Å². The predicted octanol–water partition coefficient (Wildman–Crippen LogP) is 2.08. The third-order valence-electron chi connectivity index (χ3n) is 1.91. The summed E-state index contributed by atoms with van der Waals surface area (Å²) in [4.78, 5) is 10.8. The van der Waals surface area contributed by atoms with E-state index in [1.807, 2.05) is 0 Å². The Morgan fingerprint density at radius 2 is 2.24 bits per heavy atom. The van der Waals surface area contributed by atoms with E-state index in [1.165, 1.54) is 6.07 Å². The molecular formula is C10H7F2NO3S. The van der Waals surface area contributed by atoms with E-state index in [-0.39, 0.29) is 21.8 Å². The second kappa shape index (κ2) is 5.50. The van der Waals surface area contributed by atoms with E-state index in [4.69, 9.17) is 10.4 Å². The Bertz CT molecular complexity index is 485. The van der Waals surface area contributed by atoms with Crippen molar-refractivity contribution in [3.05, 3.63) is 23.3 Å². The van der Waals surface area contributed by atoms with E-state index in [2.05, 4.69) is 17.4 Å². The van der Waals surface area contributed by atoms with Crippen LogP contribution in [0.25, 0.3) is 0 Å². The molecule has 0 amide bonds. The van der Waals surface area contributed by atoms with Gasteiger partial charge in [-0.15, -0.1) is 12.6 Å². The van der Waals surface area contributed by atoms with Gasteiger partial charge in [-0.25, -0.2) is 0 Å². The van der Waals surface area contributed by atoms with Crippen LogP contribution in [0.4, 0.5) is 8.78 Å². The molecule has 0 fully saturated rings. The molecule has 0 aliphatic carbocycles. The maximum atomic E-state index is 12.1. The lowest BCUT2D eigenvalue weighted by molar-refractivity contribution is -0.136. The molecule has 0 aromatic heterocycles. The standard InChI is InChI=1S/C10H7F2NO3S/c11-10(12)16-7-1-2-8(17)5(3-9(14)15)6(7)4-13/h1-2,10,17H,3H2,(H,14,15). The van der Waals surface area contributed by atoms with Gasteiger partial charge in [0.15, 0.2) is 0 Å². The fourth-order valence-corrected chi connectivity index (χ4v) is 1.53. The summed E-state index contributed by atoms with van der Waals surface area (Å²) < 4.78 is 28.3. The van der Waals surface area contributed by atoms with E-state index in [9.17, 15) is 13.6 Å². The van der Waals surface area contributed by atoms with Gasteiger partial charge >= 0.3 is 12.6 Å². The van der Waals surface area contributed by atoms with Gasteiger partial charge in [0, 0.05) is 4.90 Å². The number of ether oxygens (including phenoxy) is 1. The molecule has 0 heterocycles. The van der Waals surface area contributed by atoms with Gasteiger partial charge in [0.05, 0.1) is 12.0 Å². The van der Waals surface area contributed by atoms with E-state index in [0.29, 0.717) is 0 Å². The van der Waals surface area contributed by atoms with E-state index >= 15 is 0 Å². The monoisotopic (exact) mass is 259 g/mol. The molecule has 17 heavy (non-hydrogen) atoms. The summed E-state index contributed by atoms with van der Waals surface area (Å²) in [6.07, 6.45) is -0.484. The number of nitriles is 1. The minimum atomic E-state index is -3.08. The van der Waals surface area contributed by atoms with Crippen LogP contribution < -0.4 is 4.74 Å². The van der Waals surface area contributed by atoms with Crippen molar-refractivity contribution in [1.82, 2.24) is 0 Å². The largest absolute Gasteiger partial charge is 0.481 e. The third-order valence-corrected chi connectivity index (χ3v) is 2.32. The zero-order valence-electron chi connectivity index (χ0n) is 8.35. The number of hydrogen-bond donors (Lipinski definition) is 2. The van der Waals surface area contributed by atoms with Gasteiger partial charge < -0.3 is 9.84 Å². The van der Waals surface area contributed by atoms with Gasteiger partial charge in [-0.1, -0.05) is 0 Å². The van der Waals surface area contributed by atoms with Gasteiger partial charge in [0.1, 0.15) is 11.8 Å². The third kappa shape index (κ3) is 3.32. The van der Waals surface area contributed by atoms with Gasteiger partial charge in [-0.2, -0.15) is 14.0 Å². The first kappa shape index (κ1) is 13.3. The summed E-state index contributed by atoms with van der Waals surface area (Å²) in [7, 11) is 0. The highest BCUT2D eigenvalue weighted by Crippen LogP contribution is 2.28. The SMILES string of the molecule is N#Cc1c(OC(F)F)ccc(S)c1CC(=O)O. The van der Waals surface area contributed by atoms with Crippen LogP contribution in [0.3, 0.4) is 0 Å². The van der Waals surface area contributed by atoms with Crippen LogP contribution in [0.15, 0.2) is 17.0 Å². The fraction of sp³-hybridized carbons (Fsp3) is 0.200. The van der Waals surface area contributed by atoms with Crippen molar-refractivity contribution in [3.63, 3.8) is 0 Å². The van der Waals surface area contributed by atoms with Gasteiger partial charge in [-0.05, 0) is 17.7 Å². The first-order chi connectivity index (χ1) is 7.95. The van der Waals surface area contributed by atoms with Crippen LogP contribution in [0.5, 0.6) is 5.75 Å². The van der Waals surface area contributed by atoms with Crippen LogP contribution in [0.2, 0.25) is 0 Å². The molecule has 1 aromatic carbocycles. The van der Waals surface area contributed by atoms with E-state index in [0.717, 1.165) is 6.07 Å². The molecule has 1 N–H and O–H groups in total. The van der Waals surface area contributed by atoms with Crippen LogP contribution in [-0.2, 0) is 11.2 Å². The molecule has 0 bridgehead atoms. The summed E-state index contributed by atoms with van der Waals surface area (Å²) >= 11 is 3.98. The first-order valence-corrected chi connectivity index (χ1v) is 4.82. The first-order valence-electron chi connectivity index (χ1n) is 4.37. The number of carboxylic acids is 1. The Hall–Kier alpha value is -1.81. The number of alkyl halides is 2. The number of benzene rings is 1. The minimum absolute atomic E-state index is 0.0569. The van der Waals surface area contributed by atoms with Gasteiger partial charge in [-0.3, -0.25) is 4.79 Å². The molecule has 90 valence electrons. The Morgan fingerprint density at radius 1 is 1.59 bits per heavy atom. The number of hydrogen-bond acceptors (Lipinski definition) is 4. The predicted molar refractivity (Wildman–Crippen MR) is 56.4 cm³/mol. The number of carboxylic acid groups (broad SMARTS) is 1. The summed E-state index contributed by atoms with van der Waals surface area (Å²) in [5.74, 6) is -1.54. The zero-order valence-corrected chi connectivity index (χ0v) is 9.25. The number of nitrogens with zero attached hydrogens (tertiary/aromatic N) is 1. The highest BCUT2D eigenvalue weighted by atomic mass is 32.1. The topological polar surface area (TPSA) is 70.3 Å². The molecule has 0 unspecified atom stereocenters. The van der Waals surface area contributed by atoms with Crippen LogP contribution >= 0.6 is 12.6 Å². The fourth-order valence-electron chi connectivity index (χ4n) is 1.26. The second-order valence-electron chi connectivity index (χ2n) is 3.00. The second-order valence-corrected chi connectivity index (χ2v) is 3.48. The minimum Gasteiger partial charge on any atom is -0.481 e. The van der Waals surface area contributed by atoms with E-state index < -0.39 is 19.0 Å². The normalized spacial score (nSPS) is 10.1. The Labute approximate surface area is 101 Å². The lowest BCUT2D eigenvalue weighted by Gasteiger charge is -2.11. The van der Waals surface area contributed by atoms with Crippen molar-refractivity contribution in [2.24, 2.45) is 0 Å². The number of halogens is 2. The molecule has 0 radical (unpaired) electrons. The molecule has 4 nitrogen and oxygen atoms in total. The summed E-state index contributed by atoms with van der Waals surface area (Å²) in [5.41, 5.74) is -0.179. The average Bonchev–Trinajstić information content (AvgIpc) is 2.22. The summed E-state index contributed by atoms with van der Waals surface area (Å²) in [6.45, 7) is -3.08. The lowest BCUT2D eigenvalue weighted by atomic mass is 10.0. The summed E-state index contributed by atoms with van der Waals surface area (Å²) in [5, 5.41) is 17.5. The molecule has 0 aliphatic heterocycles. The maximum Gasteiger partial charge on any atom is 0.387 e. The molecule has 1 aromatic rings. The van der Waals surface area contributed by atoms with Gasteiger partial charge in [0.25, 0.3) is 0 Å². The van der Waals surface area contributed by atoms with Crippen LogP contribution in [0, 0.1) is 11.3 Å². The van der Waals surface area contributed by atoms with Crippen molar-refractivity contribution in [2.45, 2.75) is 17.9 Å². The molecule has 0 spiro atoms. The van der Waals surface area contributed by atoms with Crippen molar-refractivity contribution < 1.29 is 23.4 Å². The Kier molecular flexibility index (Phi) is 4.29. The zero-order chi connectivity index (χ0) is 13.0. The van der Waals surface area contributed by atoms with Crippen molar-refractivity contribution in [1.29, 1.82) is 5.26 Å². The molecular weight excluding hydrogens is 252 g/mol.